The second-order valence-electron chi connectivity index (χ2n) is 9.01. The predicted octanol–water partition coefficient (Wildman–Crippen LogP) is 1.48. The summed E-state index contributed by atoms with van der Waals surface area (Å²) < 4.78 is 30.0. The molecule has 0 saturated carbocycles. The zero-order valence-corrected chi connectivity index (χ0v) is 17.6. The van der Waals surface area contributed by atoms with Crippen molar-refractivity contribution in [1.82, 2.24) is 4.90 Å². The van der Waals surface area contributed by atoms with E-state index in [0.717, 1.165) is 0 Å². The predicted molar refractivity (Wildman–Crippen MR) is 96.2 cm³/mol. The summed E-state index contributed by atoms with van der Waals surface area (Å²) in [6.45, 7) is 12.5. The SMILES string of the molecule is CC(=O)N1[C@@H]([C@H]2OC(C)(C)O[C@@H]2[C@H]2COC(C)(C)O2)[C@H](CC(=O)O)OC1(C)C. The van der Waals surface area contributed by atoms with Gasteiger partial charge in [-0.05, 0) is 41.5 Å². The van der Waals surface area contributed by atoms with Gasteiger partial charge in [-0.2, -0.15) is 0 Å². The molecule has 0 aromatic heterocycles. The average molecular weight is 401 g/mol. The van der Waals surface area contributed by atoms with E-state index in [0.29, 0.717) is 6.61 Å². The lowest BCUT2D eigenvalue weighted by Gasteiger charge is -2.37. The normalized spacial score (nSPS) is 38.7. The first-order chi connectivity index (χ1) is 12.7. The summed E-state index contributed by atoms with van der Waals surface area (Å²) in [4.78, 5) is 25.5. The lowest BCUT2D eigenvalue weighted by atomic mass is 9.94. The second-order valence-corrected chi connectivity index (χ2v) is 9.01. The molecule has 5 atom stereocenters. The van der Waals surface area contributed by atoms with Gasteiger partial charge in [-0.25, -0.2) is 0 Å². The number of amides is 1. The molecular formula is C19H31NO8. The molecule has 1 amide bonds. The minimum absolute atomic E-state index is 0.223. The van der Waals surface area contributed by atoms with Crippen molar-refractivity contribution in [2.75, 3.05) is 6.61 Å². The van der Waals surface area contributed by atoms with Gasteiger partial charge in [-0.3, -0.25) is 9.59 Å². The Hall–Kier alpha value is -1.26. The van der Waals surface area contributed by atoms with Crippen LogP contribution in [0, 0.1) is 0 Å². The Morgan fingerprint density at radius 3 is 2.07 bits per heavy atom. The van der Waals surface area contributed by atoms with Gasteiger partial charge in [0.25, 0.3) is 0 Å². The molecule has 3 aliphatic rings. The minimum atomic E-state index is -1.01. The fourth-order valence-corrected chi connectivity index (χ4v) is 4.55. The van der Waals surface area contributed by atoms with Crippen molar-refractivity contribution >= 4 is 11.9 Å². The summed E-state index contributed by atoms with van der Waals surface area (Å²) in [7, 11) is 0. The lowest BCUT2D eigenvalue weighted by Crippen LogP contribution is -2.56. The lowest BCUT2D eigenvalue weighted by molar-refractivity contribution is -0.175. The van der Waals surface area contributed by atoms with Gasteiger partial charge in [-0.1, -0.05) is 0 Å². The molecule has 0 aliphatic carbocycles. The van der Waals surface area contributed by atoms with E-state index in [4.69, 9.17) is 23.7 Å². The molecule has 0 radical (unpaired) electrons. The van der Waals surface area contributed by atoms with Gasteiger partial charge in [0.2, 0.25) is 5.91 Å². The van der Waals surface area contributed by atoms with E-state index in [9.17, 15) is 14.7 Å². The number of carbonyl (C=O) groups is 2. The van der Waals surface area contributed by atoms with Crippen molar-refractivity contribution in [3.63, 3.8) is 0 Å². The fraction of sp³-hybridized carbons (Fsp3) is 0.895. The average Bonchev–Trinajstić information content (AvgIpc) is 3.08. The Labute approximate surface area is 165 Å². The van der Waals surface area contributed by atoms with E-state index in [1.807, 2.05) is 13.8 Å². The fourth-order valence-electron chi connectivity index (χ4n) is 4.55. The summed E-state index contributed by atoms with van der Waals surface area (Å²) >= 11 is 0. The molecule has 3 aliphatic heterocycles. The third-order valence-corrected chi connectivity index (χ3v) is 5.31. The van der Waals surface area contributed by atoms with E-state index >= 15 is 0 Å². The monoisotopic (exact) mass is 401 g/mol. The first kappa shape index (κ1) is 21.4. The molecule has 0 aromatic rings. The Balaban J connectivity index is 1.97. The van der Waals surface area contributed by atoms with Crippen molar-refractivity contribution in [3.05, 3.63) is 0 Å². The molecule has 0 unspecified atom stereocenters. The van der Waals surface area contributed by atoms with Crippen LogP contribution >= 0.6 is 0 Å². The van der Waals surface area contributed by atoms with Crippen molar-refractivity contribution in [3.8, 4) is 0 Å². The quantitative estimate of drug-likeness (QED) is 0.756. The Morgan fingerprint density at radius 2 is 1.57 bits per heavy atom. The second kappa shape index (κ2) is 6.91. The highest BCUT2D eigenvalue weighted by Crippen LogP contribution is 2.44. The number of carboxylic acid groups (broad SMARTS) is 1. The van der Waals surface area contributed by atoms with Crippen LogP contribution < -0.4 is 0 Å². The van der Waals surface area contributed by atoms with Gasteiger partial charge >= 0.3 is 5.97 Å². The summed E-state index contributed by atoms with van der Waals surface area (Å²) in [5.74, 6) is -2.90. The van der Waals surface area contributed by atoms with Gasteiger partial charge < -0.3 is 33.7 Å². The number of hydrogen-bond donors (Lipinski definition) is 1. The molecule has 9 nitrogen and oxygen atoms in total. The van der Waals surface area contributed by atoms with E-state index in [1.54, 1.807) is 32.6 Å². The third kappa shape index (κ3) is 4.04. The number of carbonyl (C=O) groups excluding carboxylic acids is 1. The van der Waals surface area contributed by atoms with E-state index < -0.39 is 53.7 Å². The van der Waals surface area contributed by atoms with Crippen LogP contribution in [0.1, 0.15) is 54.9 Å². The van der Waals surface area contributed by atoms with Gasteiger partial charge in [0.1, 0.15) is 24.0 Å². The van der Waals surface area contributed by atoms with Crippen molar-refractivity contribution < 1.29 is 38.4 Å². The molecule has 0 bridgehead atoms. The maximum atomic E-state index is 12.5. The van der Waals surface area contributed by atoms with Crippen LogP contribution in [0.2, 0.25) is 0 Å². The molecule has 160 valence electrons. The Kier molecular flexibility index (Phi) is 5.30. The van der Waals surface area contributed by atoms with Crippen LogP contribution in [0.4, 0.5) is 0 Å². The molecule has 0 spiro atoms. The Morgan fingerprint density at radius 1 is 0.964 bits per heavy atom. The van der Waals surface area contributed by atoms with Crippen LogP contribution in [-0.2, 0) is 33.3 Å². The number of hydrogen-bond acceptors (Lipinski definition) is 7. The van der Waals surface area contributed by atoms with E-state index in [1.165, 1.54) is 6.92 Å². The van der Waals surface area contributed by atoms with Crippen LogP contribution in [0.3, 0.4) is 0 Å². The Bertz CT molecular complexity index is 646. The highest BCUT2D eigenvalue weighted by molar-refractivity contribution is 5.75. The summed E-state index contributed by atoms with van der Waals surface area (Å²) in [6.07, 6.45) is -2.58. The molecule has 3 saturated heterocycles. The first-order valence-electron chi connectivity index (χ1n) is 9.59. The molecule has 3 rings (SSSR count). The standard InChI is InChI=1S/C19H31NO8/c1-10(21)20-14(11(8-13(22)23)25-17(20,2)3)16-15(27-19(6,7)28-16)12-9-24-18(4,5)26-12/h11-12,14-16H,8-9H2,1-7H3,(H,22,23)/t11-,12+,14+,15+,16+/m0/s1. The van der Waals surface area contributed by atoms with Crippen molar-refractivity contribution in [1.29, 1.82) is 0 Å². The summed E-state index contributed by atoms with van der Waals surface area (Å²) in [5, 5.41) is 9.38. The molecule has 3 heterocycles. The van der Waals surface area contributed by atoms with Crippen molar-refractivity contribution in [2.45, 2.75) is 103 Å². The molecule has 0 aromatic carbocycles. The van der Waals surface area contributed by atoms with E-state index in [2.05, 4.69) is 0 Å². The van der Waals surface area contributed by atoms with Crippen LogP contribution in [0.15, 0.2) is 0 Å². The molecule has 1 N–H and O–H groups in total. The number of nitrogens with zero attached hydrogens (tertiary/aromatic N) is 1. The zero-order chi connectivity index (χ0) is 21.1. The summed E-state index contributed by atoms with van der Waals surface area (Å²) in [5.41, 5.74) is -0.969. The number of aliphatic carboxylic acids is 1. The van der Waals surface area contributed by atoms with Gasteiger partial charge in [0, 0.05) is 6.92 Å². The maximum absolute atomic E-state index is 12.5. The highest BCUT2D eigenvalue weighted by atomic mass is 16.8. The maximum Gasteiger partial charge on any atom is 0.306 e. The van der Waals surface area contributed by atoms with E-state index in [-0.39, 0.29) is 12.3 Å². The van der Waals surface area contributed by atoms with Gasteiger partial charge in [0.05, 0.1) is 25.2 Å². The summed E-state index contributed by atoms with van der Waals surface area (Å²) in [6, 6.07) is -0.636. The highest BCUT2D eigenvalue weighted by Gasteiger charge is 2.60. The molecule has 3 fully saturated rings. The zero-order valence-electron chi connectivity index (χ0n) is 17.6. The van der Waals surface area contributed by atoms with Gasteiger partial charge in [0.15, 0.2) is 11.6 Å². The third-order valence-electron chi connectivity index (χ3n) is 5.31. The topological polar surface area (TPSA) is 104 Å². The minimum Gasteiger partial charge on any atom is -0.481 e. The van der Waals surface area contributed by atoms with Crippen LogP contribution in [0.5, 0.6) is 0 Å². The van der Waals surface area contributed by atoms with Gasteiger partial charge in [-0.15, -0.1) is 0 Å². The van der Waals surface area contributed by atoms with Crippen molar-refractivity contribution in [2.24, 2.45) is 0 Å². The van der Waals surface area contributed by atoms with Crippen LogP contribution in [0.25, 0.3) is 0 Å². The van der Waals surface area contributed by atoms with Crippen LogP contribution in [-0.4, -0.2) is 76.2 Å². The first-order valence-corrected chi connectivity index (χ1v) is 9.59. The largest absolute Gasteiger partial charge is 0.481 e. The number of carboxylic acids is 1. The molecular weight excluding hydrogens is 370 g/mol. The number of rotatable bonds is 4. The molecule has 28 heavy (non-hydrogen) atoms. The smallest absolute Gasteiger partial charge is 0.306 e. The number of ether oxygens (including phenoxy) is 5. The molecule has 9 heteroatoms.